The average Bonchev–Trinajstić information content (AvgIpc) is 2.95. The first-order valence-corrected chi connectivity index (χ1v) is 7.63. The molecule has 4 nitrogen and oxygen atoms in total. The molecule has 2 N–H and O–H groups in total. The molecule has 0 saturated heterocycles. The van der Waals surface area contributed by atoms with Crippen molar-refractivity contribution in [2.75, 3.05) is 0 Å². The molecular weight excluding hydrogens is 348 g/mol. The van der Waals surface area contributed by atoms with Crippen molar-refractivity contribution in [2.24, 2.45) is 0 Å². The van der Waals surface area contributed by atoms with Gasteiger partial charge < -0.3 is 10.1 Å². The van der Waals surface area contributed by atoms with Crippen LogP contribution in [0.1, 0.15) is 5.56 Å². The highest BCUT2D eigenvalue weighted by Crippen LogP contribution is 2.41. The molecule has 0 radical (unpaired) electrons. The van der Waals surface area contributed by atoms with E-state index in [-0.39, 0.29) is 11.3 Å². The zero-order chi connectivity index (χ0) is 13.6. The standard InChI is InChI=1S/C12H5BrN2O2S2/c13-8-2-1-7(19-8)6-4-18-12-9(6)10(16)5(3-14)11(17)15-12/h1-2,4H,(H2,15,16,17). The fourth-order valence-corrected chi connectivity index (χ4v) is 4.27. The van der Waals surface area contributed by atoms with E-state index in [0.29, 0.717) is 10.2 Å². The van der Waals surface area contributed by atoms with Crippen LogP contribution in [0.3, 0.4) is 0 Å². The van der Waals surface area contributed by atoms with Gasteiger partial charge in [0.1, 0.15) is 16.6 Å². The number of rotatable bonds is 1. The highest BCUT2D eigenvalue weighted by atomic mass is 79.9. The van der Waals surface area contributed by atoms with Gasteiger partial charge in [-0.3, -0.25) is 4.79 Å². The zero-order valence-corrected chi connectivity index (χ0v) is 12.4. The van der Waals surface area contributed by atoms with Crippen LogP contribution >= 0.6 is 38.6 Å². The molecule has 3 heterocycles. The van der Waals surface area contributed by atoms with Gasteiger partial charge in [0, 0.05) is 15.8 Å². The van der Waals surface area contributed by atoms with E-state index in [1.807, 2.05) is 17.5 Å². The molecule has 0 fully saturated rings. The summed E-state index contributed by atoms with van der Waals surface area (Å²) in [6.45, 7) is 0. The van der Waals surface area contributed by atoms with Crippen molar-refractivity contribution >= 4 is 48.8 Å². The normalized spacial score (nSPS) is 10.7. The molecule has 19 heavy (non-hydrogen) atoms. The summed E-state index contributed by atoms with van der Waals surface area (Å²) in [5.74, 6) is -0.248. The van der Waals surface area contributed by atoms with Crippen LogP contribution in [0.15, 0.2) is 26.1 Å². The maximum Gasteiger partial charge on any atom is 0.270 e. The lowest BCUT2D eigenvalue weighted by molar-refractivity contribution is 0.479. The molecule has 0 spiro atoms. The highest BCUT2D eigenvalue weighted by Gasteiger charge is 2.18. The second-order valence-electron chi connectivity index (χ2n) is 3.75. The van der Waals surface area contributed by atoms with Gasteiger partial charge in [-0.1, -0.05) is 0 Å². The molecule has 3 aromatic rings. The Kier molecular flexibility index (Phi) is 2.93. The summed E-state index contributed by atoms with van der Waals surface area (Å²) >= 11 is 6.25. The Morgan fingerprint density at radius 2 is 2.21 bits per heavy atom. The number of thiophene rings is 2. The van der Waals surface area contributed by atoms with Crippen molar-refractivity contribution in [1.82, 2.24) is 4.98 Å². The summed E-state index contributed by atoms with van der Waals surface area (Å²) < 4.78 is 0.978. The molecule has 0 aliphatic heterocycles. The number of aromatic hydroxyl groups is 1. The van der Waals surface area contributed by atoms with Crippen molar-refractivity contribution < 1.29 is 5.11 Å². The molecule has 0 amide bonds. The molecule has 0 aromatic carbocycles. The van der Waals surface area contributed by atoms with Gasteiger partial charge in [-0.2, -0.15) is 5.26 Å². The minimum Gasteiger partial charge on any atom is -0.506 e. The predicted octanol–water partition coefficient (Wildman–Crippen LogP) is 3.66. The van der Waals surface area contributed by atoms with Crippen LogP contribution in [0.2, 0.25) is 0 Å². The highest BCUT2D eigenvalue weighted by molar-refractivity contribution is 9.11. The van der Waals surface area contributed by atoms with E-state index in [1.54, 1.807) is 6.07 Å². The number of fused-ring (bicyclic) bond motifs is 1. The lowest BCUT2D eigenvalue weighted by Crippen LogP contribution is -2.09. The van der Waals surface area contributed by atoms with Gasteiger partial charge in [-0.15, -0.1) is 22.7 Å². The Bertz CT molecular complexity index is 885. The fraction of sp³-hybridized carbons (Fsp3) is 0. The van der Waals surface area contributed by atoms with E-state index in [0.717, 1.165) is 14.2 Å². The molecule has 94 valence electrons. The Hall–Kier alpha value is -1.62. The summed E-state index contributed by atoms with van der Waals surface area (Å²) in [7, 11) is 0. The number of halogens is 1. The van der Waals surface area contributed by atoms with Gasteiger partial charge in [0.05, 0.1) is 9.17 Å². The van der Waals surface area contributed by atoms with Gasteiger partial charge in [0.2, 0.25) is 0 Å². The molecule has 0 aliphatic rings. The topological polar surface area (TPSA) is 76.9 Å². The number of nitrogens with zero attached hydrogens (tertiary/aromatic N) is 1. The molecule has 3 aromatic heterocycles. The van der Waals surface area contributed by atoms with Crippen molar-refractivity contribution in [3.05, 3.63) is 37.2 Å². The first kappa shape index (κ1) is 12.4. The lowest BCUT2D eigenvalue weighted by atomic mass is 10.1. The zero-order valence-electron chi connectivity index (χ0n) is 9.23. The molecule has 0 saturated carbocycles. The van der Waals surface area contributed by atoms with Gasteiger partial charge in [-0.25, -0.2) is 0 Å². The second-order valence-corrected chi connectivity index (χ2v) is 7.09. The molecular formula is C12H5BrN2O2S2. The van der Waals surface area contributed by atoms with Gasteiger partial charge >= 0.3 is 0 Å². The third-order valence-electron chi connectivity index (χ3n) is 2.67. The number of hydrogen-bond donors (Lipinski definition) is 2. The van der Waals surface area contributed by atoms with E-state index >= 15 is 0 Å². The Labute approximate surface area is 123 Å². The van der Waals surface area contributed by atoms with E-state index in [4.69, 9.17) is 5.26 Å². The quantitative estimate of drug-likeness (QED) is 0.701. The molecule has 0 aliphatic carbocycles. The van der Waals surface area contributed by atoms with Gasteiger partial charge in [-0.05, 0) is 28.1 Å². The van der Waals surface area contributed by atoms with Gasteiger partial charge in [0.25, 0.3) is 5.56 Å². The molecule has 0 bridgehead atoms. The fourth-order valence-electron chi connectivity index (χ4n) is 1.83. The summed E-state index contributed by atoms with van der Waals surface area (Å²) in [5.41, 5.74) is 0.0111. The van der Waals surface area contributed by atoms with Crippen LogP contribution in [0.4, 0.5) is 0 Å². The van der Waals surface area contributed by atoms with Crippen molar-refractivity contribution in [2.45, 2.75) is 0 Å². The number of aromatic amines is 1. The average molecular weight is 353 g/mol. The maximum atomic E-state index is 11.6. The van der Waals surface area contributed by atoms with E-state index in [1.165, 1.54) is 22.7 Å². The van der Waals surface area contributed by atoms with Crippen molar-refractivity contribution in [3.63, 3.8) is 0 Å². The number of hydrogen-bond acceptors (Lipinski definition) is 5. The van der Waals surface area contributed by atoms with Crippen LogP contribution in [0, 0.1) is 11.3 Å². The van der Waals surface area contributed by atoms with Crippen LogP contribution in [-0.4, -0.2) is 10.1 Å². The molecule has 0 unspecified atom stereocenters. The third-order valence-corrected chi connectivity index (χ3v) is 5.22. The number of nitrogens with one attached hydrogen (secondary N) is 1. The first-order chi connectivity index (χ1) is 9.11. The summed E-state index contributed by atoms with van der Waals surface area (Å²) in [4.78, 5) is 15.8. The van der Waals surface area contributed by atoms with Crippen LogP contribution in [0.25, 0.3) is 20.7 Å². The largest absolute Gasteiger partial charge is 0.506 e. The van der Waals surface area contributed by atoms with E-state index in [9.17, 15) is 9.90 Å². The summed E-state index contributed by atoms with van der Waals surface area (Å²) in [6, 6.07) is 5.57. The predicted molar refractivity (Wildman–Crippen MR) is 79.8 cm³/mol. The SMILES string of the molecule is N#Cc1c(O)c2c(-c3ccc(Br)s3)csc2[nH]c1=O. The third kappa shape index (κ3) is 1.89. The van der Waals surface area contributed by atoms with Crippen LogP contribution < -0.4 is 5.56 Å². The van der Waals surface area contributed by atoms with Crippen LogP contribution in [-0.2, 0) is 0 Å². The maximum absolute atomic E-state index is 11.6. The van der Waals surface area contributed by atoms with Gasteiger partial charge in [0.15, 0.2) is 5.56 Å². The Morgan fingerprint density at radius 1 is 1.42 bits per heavy atom. The number of aromatic nitrogens is 1. The monoisotopic (exact) mass is 352 g/mol. The number of H-pyrrole nitrogens is 1. The molecule has 7 heteroatoms. The van der Waals surface area contributed by atoms with Crippen molar-refractivity contribution in [1.29, 1.82) is 5.26 Å². The van der Waals surface area contributed by atoms with E-state index < -0.39 is 5.56 Å². The summed E-state index contributed by atoms with van der Waals surface area (Å²) in [6.07, 6.45) is 0. The number of pyridine rings is 1. The minimum atomic E-state index is -0.562. The molecule has 0 atom stereocenters. The summed E-state index contributed by atoms with van der Waals surface area (Å²) in [5, 5.41) is 21.4. The Morgan fingerprint density at radius 3 is 2.84 bits per heavy atom. The lowest BCUT2D eigenvalue weighted by Gasteiger charge is -2.00. The second kappa shape index (κ2) is 4.49. The van der Waals surface area contributed by atoms with E-state index in [2.05, 4.69) is 20.9 Å². The first-order valence-electron chi connectivity index (χ1n) is 5.14. The van der Waals surface area contributed by atoms with Crippen LogP contribution in [0.5, 0.6) is 5.75 Å². The number of nitriles is 1. The molecule has 3 rings (SSSR count). The van der Waals surface area contributed by atoms with Crippen molar-refractivity contribution in [3.8, 4) is 22.3 Å². The smallest absolute Gasteiger partial charge is 0.270 e. The minimum absolute atomic E-state index is 0.247. The Balaban J connectivity index is 2.41.